The second kappa shape index (κ2) is 10.4. The third-order valence-corrected chi connectivity index (χ3v) is 8.37. The number of likely N-dealkylation sites (tertiary alicyclic amines) is 1. The molecule has 0 radical (unpaired) electrons. The molecule has 1 aromatic heterocycles. The Morgan fingerprint density at radius 1 is 1.19 bits per heavy atom. The summed E-state index contributed by atoms with van der Waals surface area (Å²) in [6.07, 6.45) is 3.85. The predicted octanol–water partition coefficient (Wildman–Crippen LogP) is 3.79. The Labute approximate surface area is 215 Å². The summed E-state index contributed by atoms with van der Waals surface area (Å²) in [6, 6.07) is 17.5. The molecule has 2 fully saturated rings. The highest BCUT2D eigenvalue weighted by molar-refractivity contribution is 7.18. The van der Waals surface area contributed by atoms with Gasteiger partial charge in [-0.1, -0.05) is 23.5 Å². The Bertz CT molecular complexity index is 1280. The van der Waals surface area contributed by atoms with Crippen LogP contribution < -0.4 is 20.9 Å². The largest absolute Gasteiger partial charge is 0.387 e. The monoisotopic (exact) mass is 503 g/mol. The van der Waals surface area contributed by atoms with Crippen LogP contribution in [0.15, 0.2) is 48.5 Å². The number of anilines is 3. The van der Waals surface area contributed by atoms with Crippen molar-refractivity contribution in [2.24, 2.45) is 0 Å². The second-order valence-electron chi connectivity index (χ2n) is 9.64. The predicted molar refractivity (Wildman–Crippen MR) is 144 cm³/mol. The van der Waals surface area contributed by atoms with Crippen LogP contribution in [0.1, 0.15) is 46.5 Å². The number of hydrogen-bond donors (Lipinski definition) is 4. The highest BCUT2D eigenvalue weighted by Crippen LogP contribution is 2.36. The summed E-state index contributed by atoms with van der Waals surface area (Å²) < 4.78 is 0.841. The lowest BCUT2D eigenvalue weighted by Crippen LogP contribution is -2.64. The van der Waals surface area contributed by atoms with Crippen molar-refractivity contribution < 1.29 is 9.90 Å². The number of nitrogens with two attached hydrogens (primary N) is 1. The summed E-state index contributed by atoms with van der Waals surface area (Å²) in [7, 11) is 0. The van der Waals surface area contributed by atoms with Crippen LogP contribution in [0.2, 0.25) is 0 Å². The van der Waals surface area contributed by atoms with Gasteiger partial charge in [-0.25, -0.2) is 4.98 Å². The minimum atomic E-state index is -0.269. The van der Waals surface area contributed by atoms with Gasteiger partial charge in [0.15, 0.2) is 5.13 Å². The van der Waals surface area contributed by atoms with Crippen molar-refractivity contribution >= 4 is 39.4 Å². The fourth-order valence-corrected chi connectivity index (χ4v) is 6.49. The average Bonchev–Trinajstić information content (AvgIpc) is 3.28. The van der Waals surface area contributed by atoms with Crippen LogP contribution in [0.4, 0.5) is 22.3 Å². The van der Waals surface area contributed by atoms with Crippen LogP contribution in [0.5, 0.6) is 0 Å². The molecule has 8 nitrogen and oxygen atoms in total. The third kappa shape index (κ3) is 4.86. The van der Waals surface area contributed by atoms with Crippen LogP contribution in [0.3, 0.4) is 0 Å². The zero-order valence-corrected chi connectivity index (χ0v) is 20.9. The number of quaternary nitrogens is 1. The fourth-order valence-electron chi connectivity index (χ4n) is 5.62. The van der Waals surface area contributed by atoms with E-state index < -0.39 is 0 Å². The van der Waals surface area contributed by atoms with Crippen molar-refractivity contribution in [2.75, 3.05) is 37.2 Å². The number of nitrogen functional groups attached to an aromatic ring is 1. The van der Waals surface area contributed by atoms with Crippen molar-refractivity contribution in [3.05, 3.63) is 64.5 Å². The number of aliphatic hydroxyl groups excluding tert-OH is 1. The molecule has 0 amide bonds. The Morgan fingerprint density at radius 3 is 2.69 bits per heavy atom. The molecule has 5 N–H and O–H groups in total. The quantitative estimate of drug-likeness (QED) is 0.298. The number of nitrogens with one attached hydrogen (secondary N) is 2. The van der Waals surface area contributed by atoms with Gasteiger partial charge in [0.05, 0.1) is 24.2 Å². The van der Waals surface area contributed by atoms with E-state index in [4.69, 9.17) is 11.0 Å². The lowest BCUT2D eigenvalue weighted by Gasteiger charge is -2.49. The van der Waals surface area contributed by atoms with Gasteiger partial charge in [0.2, 0.25) is 5.78 Å². The molecule has 186 valence electrons. The standard InChI is InChI=1S/C27H30N6O2S/c28-16-18-3-1-4-19(15-18)24(35)25-26(29)32-27(36-25)31-20-6-8-21(9-7-20)33(14-2-5-23(34)17-33)22-10-12-30-13-11-22/h1,3-4,6-9,15,22-23,30,34H,2,5,10-14,17H2,(H2-,29,31,32,35)/p+1. The van der Waals surface area contributed by atoms with Crippen LogP contribution in [-0.2, 0) is 0 Å². The van der Waals surface area contributed by atoms with Crippen molar-refractivity contribution in [3.63, 3.8) is 0 Å². The minimum Gasteiger partial charge on any atom is -0.387 e. The second-order valence-corrected chi connectivity index (χ2v) is 10.6. The number of carbonyl (C=O) groups is 1. The maximum absolute atomic E-state index is 13.0. The number of rotatable bonds is 6. The van der Waals surface area contributed by atoms with Crippen molar-refractivity contribution in [1.29, 1.82) is 5.26 Å². The van der Waals surface area contributed by atoms with E-state index in [9.17, 15) is 9.90 Å². The molecule has 0 aliphatic carbocycles. The molecule has 2 aromatic carbocycles. The first-order chi connectivity index (χ1) is 17.5. The van der Waals surface area contributed by atoms with E-state index in [1.54, 1.807) is 24.3 Å². The number of piperidine rings is 2. The summed E-state index contributed by atoms with van der Waals surface area (Å²) >= 11 is 1.20. The molecular formula is C27H31N6O2S+. The van der Waals surface area contributed by atoms with E-state index in [0.717, 1.165) is 62.0 Å². The molecular weight excluding hydrogens is 472 g/mol. The molecule has 0 saturated carbocycles. The molecule has 0 spiro atoms. The topological polar surface area (TPSA) is 124 Å². The summed E-state index contributed by atoms with van der Waals surface area (Å²) in [4.78, 5) is 17.7. The smallest absolute Gasteiger partial charge is 0.206 e. The molecule has 36 heavy (non-hydrogen) atoms. The van der Waals surface area contributed by atoms with Gasteiger partial charge in [-0.15, -0.1) is 0 Å². The first kappa shape index (κ1) is 24.4. The Balaban J connectivity index is 1.35. The van der Waals surface area contributed by atoms with E-state index >= 15 is 0 Å². The fraction of sp³-hybridized carbons (Fsp3) is 0.370. The zero-order chi connectivity index (χ0) is 25.1. The number of nitriles is 1. The van der Waals surface area contributed by atoms with Gasteiger partial charge < -0.3 is 21.5 Å². The van der Waals surface area contributed by atoms with Crippen molar-refractivity contribution in [2.45, 2.75) is 37.8 Å². The van der Waals surface area contributed by atoms with E-state index in [0.29, 0.717) is 27.2 Å². The number of nitrogens with zero attached hydrogens (tertiary/aromatic N) is 3. The molecule has 2 saturated heterocycles. The molecule has 2 atom stereocenters. The lowest BCUT2D eigenvalue weighted by molar-refractivity contribution is 0.0418. The van der Waals surface area contributed by atoms with Crippen molar-refractivity contribution in [3.8, 4) is 6.07 Å². The van der Waals surface area contributed by atoms with E-state index in [-0.39, 0.29) is 17.7 Å². The molecule has 5 rings (SSSR count). The molecule has 0 bridgehead atoms. The number of ketones is 1. The Kier molecular flexibility index (Phi) is 7.03. The Morgan fingerprint density at radius 2 is 1.97 bits per heavy atom. The summed E-state index contributed by atoms with van der Waals surface area (Å²) in [6.45, 7) is 3.86. The summed E-state index contributed by atoms with van der Waals surface area (Å²) in [5.74, 6) is -0.0771. The average molecular weight is 504 g/mol. The molecule has 2 aliphatic heterocycles. The number of benzene rings is 2. The molecule has 3 aromatic rings. The number of carbonyl (C=O) groups excluding carboxylic acids is 1. The molecule has 2 unspecified atom stereocenters. The van der Waals surface area contributed by atoms with Gasteiger partial charge in [-0.05, 0) is 37.1 Å². The van der Waals surface area contributed by atoms with E-state index in [2.05, 4.69) is 33.8 Å². The first-order valence-electron chi connectivity index (χ1n) is 12.4. The third-order valence-electron chi connectivity index (χ3n) is 7.38. The van der Waals surface area contributed by atoms with Gasteiger partial charge in [0.25, 0.3) is 0 Å². The first-order valence-corrected chi connectivity index (χ1v) is 13.2. The van der Waals surface area contributed by atoms with Crippen molar-refractivity contribution in [1.82, 2.24) is 14.8 Å². The SMILES string of the molecule is N#Cc1cccc(C(=O)c2sc(Nc3ccc([N+]4(C5CCNCC5)CCCC(O)C4)cc3)nc2N)c1. The summed E-state index contributed by atoms with van der Waals surface area (Å²) in [5.41, 5.74) is 9.01. The van der Waals surface area contributed by atoms with Gasteiger partial charge in [0.1, 0.15) is 29.0 Å². The molecule has 9 heteroatoms. The minimum absolute atomic E-state index is 0.171. The highest BCUT2D eigenvalue weighted by Gasteiger charge is 2.43. The molecule has 2 aliphatic rings. The van der Waals surface area contributed by atoms with Gasteiger partial charge >= 0.3 is 0 Å². The van der Waals surface area contributed by atoms with E-state index in [1.807, 2.05) is 12.1 Å². The van der Waals surface area contributed by atoms with Gasteiger partial charge in [-0.3, -0.25) is 9.28 Å². The molecule has 3 heterocycles. The van der Waals surface area contributed by atoms with Crippen LogP contribution in [-0.4, -0.2) is 54.2 Å². The summed E-state index contributed by atoms with van der Waals surface area (Å²) in [5, 5.41) is 27.0. The number of aromatic nitrogens is 1. The Hall–Kier alpha value is -3.29. The van der Waals surface area contributed by atoms with Crippen LogP contribution in [0, 0.1) is 11.3 Å². The maximum Gasteiger partial charge on any atom is 0.206 e. The van der Waals surface area contributed by atoms with Crippen LogP contribution >= 0.6 is 11.3 Å². The number of hydrogen-bond acceptors (Lipinski definition) is 8. The maximum atomic E-state index is 13.0. The number of aliphatic hydroxyl groups is 1. The van der Waals surface area contributed by atoms with E-state index in [1.165, 1.54) is 17.0 Å². The normalized spacial score (nSPS) is 22.6. The lowest BCUT2D eigenvalue weighted by atomic mass is 9.94. The zero-order valence-electron chi connectivity index (χ0n) is 20.1. The van der Waals surface area contributed by atoms with Gasteiger partial charge in [-0.2, -0.15) is 5.26 Å². The highest BCUT2D eigenvalue weighted by atomic mass is 32.1. The number of thiazole rings is 1. The van der Waals surface area contributed by atoms with Crippen LogP contribution in [0.25, 0.3) is 0 Å². The van der Waals surface area contributed by atoms with Gasteiger partial charge in [0, 0.05) is 49.3 Å².